The number of hydrogen-bond acceptors (Lipinski definition) is 4. The number of hydrogen-bond donors (Lipinski definition) is 3. The number of carboxylic acids is 1. The Bertz CT molecular complexity index is 471. The van der Waals surface area contributed by atoms with Crippen molar-refractivity contribution in [3.05, 3.63) is 29.8 Å². The number of carbonyl (C=O) groups excluding carboxylic acids is 1. The second-order valence-corrected chi connectivity index (χ2v) is 4.34. The molecule has 18 heavy (non-hydrogen) atoms. The fraction of sp³-hybridized carbons (Fsp3) is 0.333. The summed E-state index contributed by atoms with van der Waals surface area (Å²) in [5.74, 6) is -1.32. The Morgan fingerprint density at radius 1 is 1.39 bits per heavy atom. The van der Waals surface area contributed by atoms with Crippen molar-refractivity contribution in [2.24, 2.45) is 5.73 Å². The second-order valence-electron chi connectivity index (χ2n) is 4.34. The zero-order valence-corrected chi connectivity index (χ0v) is 9.61. The van der Waals surface area contributed by atoms with Crippen LogP contribution in [0.5, 0.6) is 5.75 Å². The molecule has 6 heteroatoms. The zero-order chi connectivity index (χ0) is 13.3. The minimum atomic E-state index is -1.11. The highest BCUT2D eigenvalue weighted by atomic mass is 16.4. The third-order valence-corrected chi connectivity index (χ3v) is 2.94. The van der Waals surface area contributed by atoms with Crippen LogP contribution in [0.1, 0.15) is 18.0 Å². The normalized spacial score (nSPS) is 21.1. The van der Waals surface area contributed by atoms with Crippen LogP contribution in [0.4, 0.5) is 0 Å². The van der Waals surface area contributed by atoms with Crippen LogP contribution >= 0.6 is 0 Å². The van der Waals surface area contributed by atoms with Gasteiger partial charge in [-0.15, -0.1) is 0 Å². The molecule has 0 bridgehead atoms. The van der Waals surface area contributed by atoms with Gasteiger partial charge < -0.3 is 20.8 Å². The molecule has 2 atom stereocenters. The summed E-state index contributed by atoms with van der Waals surface area (Å²) in [7, 11) is 0. The first kappa shape index (κ1) is 12.4. The van der Waals surface area contributed by atoms with Crippen LogP contribution in [0, 0.1) is 0 Å². The minimum absolute atomic E-state index is 0.0485. The smallest absolute Gasteiger partial charge is 0.331 e. The highest BCUT2D eigenvalue weighted by Crippen LogP contribution is 2.27. The number of nitrogens with zero attached hydrogens (tertiary/aromatic N) is 1. The molecule has 1 saturated heterocycles. The first-order valence-electron chi connectivity index (χ1n) is 5.56. The third kappa shape index (κ3) is 2.28. The lowest BCUT2D eigenvalue weighted by Crippen LogP contribution is -2.36. The number of benzene rings is 1. The van der Waals surface area contributed by atoms with Crippen LogP contribution in [-0.2, 0) is 9.59 Å². The fourth-order valence-corrected chi connectivity index (χ4v) is 2.12. The predicted octanol–water partition coefficient (Wildman–Crippen LogP) is 0.0775. The zero-order valence-electron chi connectivity index (χ0n) is 9.61. The van der Waals surface area contributed by atoms with Crippen LogP contribution < -0.4 is 5.73 Å². The van der Waals surface area contributed by atoms with Gasteiger partial charge in [0, 0.05) is 19.0 Å². The van der Waals surface area contributed by atoms with Gasteiger partial charge in [0.05, 0.1) is 0 Å². The largest absolute Gasteiger partial charge is 0.508 e. The number of carbonyl (C=O) groups is 2. The van der Waals surface area contributed by atoms with E-state index >= 15 is 0 Å². The van der Waals surface area contributed by atoms with Crippen LogP contribution in [0.15, 0.2) is 24.3 Å². The third-order valence-electron chi connectivity index (χ3n) is 2.94. The maximum atomic E-state index is 11.7. The summed E-state index contributed by atoms with van der Waals surface area (Å²) in [6, 6.07) is 4.40. The highest BCUT2D eigenvalue weighted by molar-refractivity contribution is 5.86. The molecule has 4 N–H and O–H groups in total. The summed E-state index contributed by atoms with van der Waals surface area (Å²) in [6.45, 7) is 0.233. The molecule has 1 heterocycles. The molecule has 2 unspecified atom stereocenters. The van der Waals surface area contributed by atoms with E-state index in [0.717, 1.165) is 0 Å². The lowest BCUT2D eigenvalue weighted by molar-refractivity contribution is -0.148. The number of amides is 1. The number of likely N-dealkylation sites (tertiary alicyclic amines) is 1. The van der Waals surface area contributed by atoms with Crippen molar-refractivity contribution >= 4 is 11.9 Å². The molecule has 6 nitrogen and oxygen atoms in total. The first-order chi connectivity index (χ1) is 8.49. The molecule has 0 spiro atoms. The number of phenolic OH excluding ortho intramolecular Hbond substituents is 1. The molecular formula is C12H14N2O4. The van der Waals surface area contributed by atoms with Gasteiger partial charge in [-0.2, -0.15) is 0 Å². The topological polar surface area (TPSA) is 104 Å². The maximum Gasteiger partial charge on any atom is 0.331 e. The lowest BCUT2D eigenvalue weighted by atomic mass is 10.1. The number of carboxylic acid groups (broad SMARTS) is 1. The van der Waals surface area contributed by atoms with Crippen LogP contribution in [0.2, 0.25) is 0 Å². The molecule has 1 aromatic carbocycles. The number of nitrogens with two attached hydrogens (primary N) is 1. The van der Waals surface area contributed by atoms with Gasteiger partial charge in [-0.1, -0.05) is 12.1 Å². The molecule has 0 radical (unpaired) electrons. The van der Waals surface area contributed by atoms with E-state index in [4.69, 9.17) is 5.73 Å². The van der Waals surface area contributed by atoms with E-state index in [1.807, 2.05) is 0 Å². The first-order valence-corrected chi connectivity index (χ1v) is 5.56. The predicted molar refractivity (Wildman–Crippen MR) is 62.8 cm³/mol. The Labute approximate surface area is 104 Å². The van der Waals surface area contributed by atoms with Gasteiger partial charge in [-0.05, 0) is 17.7 Å². The number of aromatic hydroxyl groups is 1. The van der Waals surface area contributed by atoms with Gasteiger partial charge in [0.2, 0.25) is 5.91 Å². The summed E-state index contributed by atoms with van der Waals surface area (Å²) in [5.41, 5.74) is 6.11. The molecule has 96 valence electrons. The molecule has 1 aliphatic rings. The standard InChI is InChI=1S/C12H14N2O4/c13-8-5-10(16)14(6-8)11(12(17)18)7-1-3-9(15)4-2-7/h1-4,8,11,15H,5-6,13H2,(H,17,18). The summed E-state index contributed by atoms with van der Waals surface area (Å²) >= 11 is 0. The van der Waals surface area contributed by atoms with Crippen molar-refractivity contribution in [3.63, 3.8) is 0 Å². The average molecular weight is 250 g/mol. The Hall–Kier alpha value is -2.08. The van der Waals surface area contributed by atoms with Crippen molar-refractivity contribution in [3.8, 4) is 5.75 Å². The van der Waals surface area contributed by atoms with Crippen LogP contribution in [0.3, 0.4) is 0 Å². The summed E-state index contributed by atoms with van der Waals surface area (Å²) in [4.78, 5) is 24.3. The average Bonchev–Trinajstić information content (AvgIpc) is 2.61. The Morgan fingerprint density at radius 2 is 2.00 bits per heavy atom. The molecule has 1 amide bonds. The quantitative estimate of drug-likeness (QED) is 0.704. The fourth-order valence-electron chi connectivity index (χ4n) is 2.12. The van der Waals surface area contributed by atoms with E-state index in [0.29, 0.717) is 5.56 Å². The SMILES string of the molecule is NC1CC(=O)N(C(C(=O)O)c2ccc(O)cc2)C1. The Balaban J connectivity index is 2.32. The van der Waals surface area contributed by atoms with Gasteiger partial charge in [0.25, 0.3) is 0 Å². The molecular weight excluding hydrogens is 236 g/mol. The molecule has 0 aromatic heterocycles. The van der Waals surface area contributed by atoms with E-state index in [9.17, 15) is 19.8 Å². The lowest BCUT2D eigenvalue weighted by Gasteiger charge is -2.24. The van der Waals surface area contributed by atoms with Gasteiger partial charge in [-0.25, -0.2) is 4.79 Å². The van der Waals surface area contributed by atoms with Crippen molar-refractivity contribution in [2.75, 3.05) is 6.54 Å². The van der Waals surface area contributed by atoms with Crippen LogP contribution in [-0.4, -0.2) is 39.6 Å². The molecule has 1 aromatic rings. The summed E-state index contributed by atoms with van der Waals surface area (Å²) in [6.07, 6.45) is 0.169. The van der Waals surface area contributed by atoms with Gasteiger partial charge in [0.15, 0.2) is 6.04 Å². The molecule has 0 aliphatic carbocycles. The monoisotopic (exact) mass is 250 g/mol. The highest BCUT2D eigenvalue weighted by Gasteiger charge is 2.37. The molecule has 2 rings (SSSR count). The molecule has 0 saturated carbocycles. The van der Waals surface area contributed by atoms with Gasteiger partial charge in [0.1, 0.15) is 5.75 Å². The van der Waals surface area contributed by atoms with E-state index in [-0.39, 0.29) is 30.7 Å². The minimum Gasteiger partial charge on any atom is -0.508 e. The van der Waals surface area contributed by atoms with Crippen molar-refractivity contribution in [1.82, 2.24) is 4.90 Å². The van der Waals surface area contributed by atoms with Crippen LogP contribution in [0.25, 0.3) is 0 Å². The molecule has 1 aliphatic heterocycles. The van der Waals surface area contributed by atoms with Crippen molar-refractivity contribution < 1.29 is 19.8 Å². The van der Waals surface area contributed by atoms with E-state index in [2.05, 4.69) is 0 Å². The van der Waals surface area contributed by atoms with Crippen molar-refractivity contribution in [2.45, 2.75) is 18.5 Å². The number of phenols is 1. The Kier molecular flexibility index (Phi) is 3.20. The van der Waals surface area contributed by atoms with E-state index < -0.39 is 12.0 Å². The summed E-state index contributed by atoms with van der Waals surface area (Å²) in [5, 5.41) is 18.5. The Morgan fingerprint density at radius 3 is 2.44 bits per heavy atom. The maximum absolute atomic E-state index is 11.7. The molecule has 1 fully saturated rings. The summed E-state index contributed by atoms with van der Waals surface area (Å²) < 4.78 is 0. The van der Waals surface area contributed by atoms with Gasteiger partial charge >= 0.3 is 5.97 Å². The number of aliphatic carboxylic acids is 1. The second kappa shape index (κ2) is 4.66. The van der Waals surface area contributed by atoms with E-state index in [1.165, 1.54) is 29.2 Å². The number of rotatable bonds is 3. The van der Waals surface area contributed by atoms with Crippen molar-refractivity contribution in [1.29, 1.82) is 0 Å². The van der Waals surface area contributed by atoms with Gasteiger partial charge in [-0.3, -0.25) is 4.79 Å². The van der Waals surface area contributed by atoms with E-state index in [1.54, 1.807) is 0 Å².